The zero-order valence-electron chi connectivity index (χ0n) is 13.7. The number of carboxylic acids is 1. The Morgan fingerprint density at radius 3 is 2.42 bits per heavy atom. The second-order valence-electron chi connectivity index (χ2n) is 5.89. The summed E-state index contributed by atoms with van der Waals surface area (Å²) in [4.78, 5) is 23.3. The molecule has 0 fully saturated rings. The van der Waals surface area contributed by atoms with E-state index in [1.165, 1.54) is 18.2 Å². The van der Waals surface area contributed by atoms with Gasteiger partial charge in [0.15, 0.2) is 5.58 Å². The first-order valence-electron chi connectivity index (χ1n) is 7.50. The summed E-state index contributed by atoms with van der Waals surface area (Å²) in [5.74, 6) is -1.16. The Labute approximate surface area is 147 Å². The van der Waals surface area contributed by atoms with Gasteiger partial charge in [0.1, 0.15) is 16.2 Å². The lowest BCUT2D eigenvalue weighted by atomic mass is 10.1. The van der Waals surface area contributed by atoms with Gasteiger partial charge in [0.25, 0.3) is 10.1 Å². The number of ether oxygens (including phenoxy) is 1. The summed E-state index contributed by atoms with van der Waals surface area (Å²) in [5, 5.41) is 8.90. The lowest BCUT2D eigenvalue weighted by molar-refractivity contribution is 0.0697. The predicted molar refractivity (Wildman–Crippen MR) is 92.5 cm³/mol. The number of rotatable bonds is 4. The molecule has 3 rings (SSSR count). The van der Waals surface area contributed by atoms with E-state index in [-0.39, 0.29) is 39.4 Å². The van der Waals surface area contributed by atoms with Crippen molar-refractivity contribution in [2.24, 2.45) is 0 Å². The fourth-order valence-electron chi connectivity index (χ4n) is 2.57. The van der Waals surface area contributed by atoms with E-state index in [0.717, 1.165) is 12.1 Å². The van der Waals surface area contributed by atoms with E-state index in [2.05, 4.69) is 0 Å². The fourth-order valence-corrected chi connectivity index (χ4v) is 3.22. The van der Waals surface area contributed by atoms with Crippen molar-refractivity contribution >= 4 is 38.0 Å². The molecule has 2 aromatic carbocycles. The van der Waals surface area contributed by atoms with Gasteiger partial charge in [-0.15, -0.1) is 0 Å². The van der Waals surface area contributed by atoms with Crippen molar-refractivity contribution in [3.05, 3.63) is 46.1 Å². The minimum Gasteiger partial charge on any atom is -0.491 e. The van der Waals surface area contributed by atoms with Crippen LogP contribution in [-0.4, -0.2) is 30.2 Å². The van der Waals surface area contributed by atoms with Crippen molar-refractivity contribution in [1.82, 2.24) is 0 Å². The van der Waals surface area contributed by atoms with Crippen LogP contribution in [0.25, 0.3) is 21.9 Å². The van der Waals surface area contributed by atoms with Gasteiger partial charge in [0.2, 0.25) is 5.43 Å². The van der Waals surface area contributed by atoms with Crippen LogP contribution >= 0.6 is 0 Å². The zero-order valence-corrected chi connectivity index (χ0v) is 14.5. The van der Waals surface area contributed by atoms with Crippen molar-refractivity contribution in [2.75, 3.05) is 0 Å². The second kappa shape index (κ2) is 6.11. The van der Waals surface area contributed by atoms with E-state index < -0.39 is 26.4 Å². The molecule has 0 aliphatic carbocycles. The number of carboxylic acid groups (broad SMARTS) is 1. The molecule has 0 saturated heterocycles. The summed E-state index contributed by atoms with van der Waals surface area (Å²) in [6.07, 6.45) is -0.312. The Morgan fingerprint density at radius 1 is 1.15 bits per heavy atom. The van der Waals surface area contributed by atoms with Gasteiger partial charge < -0.3 is 14.3 Å². The number of benzene rings is 2. The van der Waals surface area contributed by atoms with Crippen LogP contribution in [0, 0.1) is 0 Å². The standard InChI is InChI=1S/C17H14O8S/c1-8(2)24-10-6-12-15(18)11-5-9(17(19)20)3-4-13(11)25-16(12)14(7-10)26(21,22)23/h3-8H,1-2H3,(H,19,20)(H,21,22,23). The van der Waals surface area contributed by atoms with Gasteiger partial charge >= 0.3 is 5.97 Å². The monoisotopic (exact) mass is 378 g/mol. The van der Waals surface area contributed by atoms with Gasteiger partial charge in [-0.2, -0.15) is 8.42 Å². The van der Waals surface area contributed by atoms with E-state index in [9.17, 15) is 22.6 Å². The zero-order chi connectivity index (χ0) is 19.2. The van der Waals surface area contributed by atoms with Crippen LogP contribution in [0.15, 0.2) is 44.4 Å². The third kappa shape index (κ3) is 3.14. The molecule has 0 radical (unpaired) electrons. The first kappa shape index (κ1) is 17.9. The molecule has 0 amide bonds. The van der Waals surface area contributed by atoms with E-state index in [0.29, 0.717) is 0 Å². The van der Waals surface area contributed by atoms with Crippen molar-refractivity contribution in [3.63, 3.8) is 0 Å². The highest BCUT2D eigenvalue weighted by atomic mass is 32.2. The van der Waals surface area contributed by atoms with Crippen LogP contribution in [0.5, 0.6) is 5.75 Å². The van der Waals surface area contributed by atoms with Gasteiger partial charge in [-0.25, -0.2) is 4.79 Å². The molecule has 0 aliphatic rings. The molecular formula is C17H14O8S. The molecule has 3 aromatic rings. The van der Waals surface area contributed by atoms with Crippen molar-refractivity contribution < 1.29 is 32.0 Å². The number of hydrogen-bond acceptors (Lipinski definition) is 6. The summed E-state index contributed by atoms with van der Waals surface area (Å²) < 4.78 is 43.9. The SMILES string of the molecule is CC(C)Oc1cc(S(=O)(=O)O)c2oc3ccc(C(=O)O)cc3c(=O)c2c1. The van der Waals surface area contributed by atoms with Crippen molar-refractivity contribution in [3.8, 4) is 5.75 Å². The Kier molecular flexibility index (Phi) is 4.21. The summed E-state index contributed by atoms with van der Waals surface area (Å²) in [5.41, 5.74) is -1.09. The molecule has 8 nitrogen and oxygen atoms in total. The normalized spacial score (nSPS) is 12.0. The Hall–Kier alpha value is -2.91. The fraction of sp³-hybridized carbons (Fsp3) is 0.176. The maximum Gasteiger partial charge on any atom is 0.335 e. The van der Waals surface area contributed by atoms with Crippen LogP contribution in [0.4, 0.5) is 0 Å². The Bertz CT molecular complexity index is 1200. The maximum atomic E-state index is 12.8. The lowest BCUT2D eigenvalue weighted by Crippen LogP contribution is -2.10. The summed E-state index contributed by atoms with van der Waals surface area (Å²) in [6.45, 7) is 3.42. The Balaban J connectivity index is 2.47. The molecule has 2 N–H and O–H groups in total. The smallest absolute Gasteiger partial charge is 0.335 e. The van der Waals surface area contributed by atoms with Gasteiger partial charge in [0, 0.05) is 6.07 Å². The van der Waals surface area contributed by atoms with Gasteiger partial charge in [-0.05, 0) is 38.1 Å². The third-order valence-corrected chi connectivity index (χ3v) is 4.46. The molecule has 0 aliphatic heterocycles. The third-order valence-electron chi connectivity index (χ3n) is 3.61. The number of fused-ring (bicyclic) bond motifs is 2. The summed E-state index contributed by atoms with van der Waals surface area (Å²) in [6, 6.07) is 5.99. The van der Waals surface area contributed by atoms with E-state index >= 15 is 0 Å². The summed E-state index contributed by atoms with van der Waals surface area (Å²) in [7, 11) is -4.70. The molecular weight excluding hydrogens is 364 g/mol. The van der Waals surface area contributed by atoms with Crippen LogP contribution in [-0.2, 0) is 10.1 Å². The van der Waals surface area contributed by atoms with Crippen LogP contribution in [0.3, 0.4) is 0 Å². The average molecular weight is 378 g/mol. The maximum absolute atomic E-state index is 12.8. The van der Waals surface area contributed by atoms with E-state index in [4.69, 9.17) is 14.3 Å². The first-order valence-corrected chi connectivity index (χ1v) is 8.94. The summed E-state index contributed by atoms with van der Waals surface area (Å²) >= 11 is 0. The molecule has 0 bridgehead atoms. The van der Waals surface area contributed by atoms with Crippen LogP contribution < -0.4 is 10.2 Å². The van der Waals surface area contributed by atoms with Gasteiger partial charge in [0.05, 0.1) is 22.4 Å². The highest BCUT2D eigenvalue weighted by Gasteiger charge is 2.22. The molecule has 1 aromatic heterocycles. The van der Waals surface area contributed by atoms with Crippen LogP contribution in [0.2, 0.25) is 0 Å². The predicted octanol–water partition coefficient (Wildman–Crippen LogP) is 2.68. The van der Waals surface area contributed by atoms with Gasteiger partial charge in [-0.3, -0.25) is 9.35 Å². The van der Waals surface area contributed by atoms with E-state index in [1.807, 2.05) is 0 Å². The Morgan fingerprint density at radius 2 is 1.85 bits per heavy atom. The number of carbonyl (C=O) groups is 1. The topological polar surface area (TPSA) is 131 Å². The second-order valence-corrected chi connectivity index (χ2v) is 7.28. The van der Waals surface area contributed by atoms with Crippen molar-refractivity contribution in [2.45, 2.75) is 24.8 Å². The quantitative estimate of drug-likeness (QED) is 0.523. The molecule has 0 atom stereocenters. The van der Waals surface area contributed by atoms with Crippen molar-refractivity contribution in [1.29, 1.82) is 0 Å². The number of hydrogen-bond donors (Lipinski definition) is 2. The average Bonchev–Trinajstić information content (AvgIpc) is 2.53. The van der Waals surface area contributed by atoms with E-state index in [1.54, 1.807) is 13.8 Å². The highest BCUT2D eigenvalue weighted by molar-refractivity contribution is 7.86. The molecule has 0 unspecified atom stereocenters. The number of aromatic carboxylic acids is 1. The first-order chi connectivity index (χ1) is 12.1. The van der Waals surface area contributed by atoms with Gasteiger partial charge in [-0.1, -0.05) is 0 Å². The minimum atomic E-state index is -4.70. The van der Waals surface area contributed by atoms with Crippen LogP contribution in [0.1, 0.15) is 24.2 Å². The molecule has 1 heterocycles. The molecule has 136 valence electrons. The molecule has 26 heavy (non-hydrogen) atoms. The molecule has 0 saturated carbocycles. The molecule has 9 heteroatoms. The largest absolute Gasteiger partial charge is 0.491 e. The highest BCUT2D eigenvalue weighted by Crippen LogP contribution is 2.30. The lowest BCUT2D eigenvalue weighted by Gasteiger charge is -2.12. The molecule has 0 spiro atoms. The minimum absolute atomic E-state index is 0.00470.